The fourth-order valence-electron chi connectivity index (χ4n) is 3.65. The van der Waals surface area contributed by atoms with Crippen LogP contribution >= 0.6 is 11.3 Å². The minimum Gasteiger partial charge on any atom is -0.497 e. The van der Waals surface area contributed by atoms with Crippen molar-refractivity contribution in [1.29, 1.82) is 0 Å². The number of nitrogens with zero attached hydrogens (tertiary/aromatic N) is 1. The summed E-state index contributed by atoms with van der Waals surface area (Å²) in [7, 11) is 1.59. The van der Waals surface area contributed by atoms with Gasteiger partial charge in [0.15, 0.2) is 0 Å². The number of thiazole rings is 1. The van der Waals surface area contributed by atoms with E-state index in [1.54, 1.807) is 26.2 Å². The van der Waals surface area contributed by atoms with E-state index in [4.69, 9.17) is 10.5 Å². The maximum Gasteiger partial charge on any atom is 0.329 e. The molecule has 0 unspecified atom stereocenters. The largest absolute Gasteiger partial charge is 0.497 e. The molecule has 8 heteroatoms. The Morgan fingerprint density at radius 1 is 1.25 bits per heavy atom. The van der Waals surface area contributed by atoms with Crippen LogP contribution in [0.5, 0.6) is 5.75 Å². The van der Waals surface area contributed by atoms with Gasteiger partial charge in [-0.2, -0.15) is 0 Å². The lowest BCUT2D eigenvalue weighted by Gasteiger charge is -2.36. The van der Waals surface area contributed by atoms with Crippen LogP contribution in [-0.4, -0.2) is 34.6 Å². The zero-order valence-electron chi connectivity index (χ0n) is 16.0. The van der Waals surface area contributed by atoms with E-state index < -0.39 is 17.4 Å². The lowest BCUT2D eigenvalue weighted by molar-refractivity contribution is -0.146. The van der Waals surface area contributed by atoms with Crippen LogP contribution in [0.4, 0.5) is 5.82 Å². The van der Waals surface area contributed by atoms with Crippen molar-refractivity contribution in [1.82, 2.24) is 10.3 Å². The molecule has 0 saturated heterocycles. The molecule has 7 nitrogen and oxygen atoms in total. The number of carbonyl (C=O) groups is 2. The van der Waals surface area contributed by atoms with Gasteiger partial charge in [0.1, 0.15) is 27.0 Å². The van der Waals surface area contributed by atoms with Crippen molar-refractivity contribution in [3.8, 4) is 16.3 Å². The average Bonchev–Trinajstić information content (AvgIpc) is 3.10. The molecule has 1 aliphatic carbocycles. The van der Waals surface area contributed by atoms with Crippen LogP contribution in [-0.2, 0) is 4.79 Å². The van der Waals surface area contributed by atoms with Crippen LogP contribution in [0, 0.1) is 5.92 Å². The molecular formula is C20H25N3O4S. The van der Waals surface area contributed by atoms with Crippen molar-refractivity contribution in [3.05, 3.63) is 29.1 Å². The van der Waals surface area contributed by atoms with Crippen molar-refractivity contribution in [3.63, 3.8) is 0 Å². The van der Waals surface area contributed by atoms with Crippen LogP contribution in [0.1, 0.15) is 48.7 Å². The van der Waals surface area contributed by atoms with E-state index in [1.807, 2.05) is 12.1 Å². The summed E-state index contributed by atoms with van der Waals surface area (Å²) in [5.74, 6) is -0.796. The first-order valence-electron chi connectivity index (χ1n) is 9.31. The highest BCUT2D eigenvalue weighted by molar-refractivity contribution is 7.17. The predicted molar refractivity (Wildman–Crippen MR) is 109 cm³/mol. The molecule has 1 aliphatic rings. The Kier molecular flexibility index (Phi) is 5.88. The number of methoxy groups -OCH3 is 1. The highest BCUT2D eigenvalue weighted by Crippen LogP contribution is 2.35. The third-order valence-corrected chi connectivity index (χ3v) is 6.55. The monoisotopic (exact) mass is 403 g/mol. The third kappa shape index (κ3) is 3.96. The molecule has 28 heavy (non-hydrogen) atoms. The Balaban J connectivity index is 1.83. The standard InChI is InChI=1S/C20H25N3O4S/c1-20(19(25)26,13-6-4-3-5-7-13)23-17(24)15-16(21)22-18(28-15)12-8-10-14(27-2)11-9-12/h8-11,13H,3-7,21H2,1-2H3,(H,23,24)(H,25,26)/t20-/m0/s1. The number of nitrogen functional groups attached to an aromatic ring is 1. The third-order valence-electron chi connectivity index (χ3n) is 5.44. The lowest BCUT2D eigenvalue weighted by atomic mass is 9.75. The number of nitrogens with one attached hydrogen (secondary N) is 1. The highest BCUT2D eigenvalue weighted by atomic mass is 32.1. The topological polar surface area (TPSA) is 115 Å². The van der Waals surface area contributed by atoms with Gasteiger partial charge >= 0.3 is 5.97 Å². The summed E-state index contributed by atoms with van der Waals surface area (Å²) in [4.78, 5) is 29.4. The number of amides is 1. The summed E-state index contributed by atoms with van der Waals surface area (Å²) in [5, 5.41) is 13.1. The second-order valence-corrected chi connectivity index (χ2v) is 8.26. The molecule has 2 aromatic rings. The van der Waals surface area contributed by atoms with E-state index in [0.717, 1.165) is 54.8 Å². The minimum atomic E-state index is -1.33. The predicted octanol–water partition coefficient (Wildman–Crippen LogP) is 3.55. The highest BCUT2D eigenvalue weighted by Gasteiger charge is 2.43. The molecule has 3 rings (SSSR count). The number of nitrogens with two attached hydrogens (primary N) is 1. The fourth-order valence-corrected chi connectivity index (χ4v) is 4.54. The van der Waals surface area contributed by atoms with Gasteiger partial charge in [-0.05, 0) is 49.9 Å². The zero-order valence-corrected chi connectivity index (χ0v) is 16.8. The van der Waals surface area contributed by atoms with Gasteiger partial charge in [0, 0.05) is 5.56 Å². The van der Waals surface area contributed by atoms with Gasteiger partial charge in [-0.1, -0.05) is 19.3 Å². The number of anilines is 1. The lowest BCUT2D eigenvalue weighted by Crippen LogP contribution is -2.57. The Morgan fingerprint density at radius 2 is 1.89 bits per heavy atom. The van der Waals surface area contributed by atoms with Gasteiger partial charge in [-0.15, -0.1) is 11.3 Å². The summed E-state index contributed by atoms with van der Waals surface area (Å²) in [6.45, 7) is 1.59. The van der Waals surface area contributed by atoms with Crippen molar-refractivity contribution in [2.24, 2.45) is 5.92 Å². The minimum absolute atomic E-state index is 0.0992. The van der Waals surface area contributed by atoms with Gasteiger partial charge in [-0.3, -0.25) is 4.79 Å². The molecule has 1 amide bonds. The number of benzene rings is 1. The summed E-state index contributed by atoms with van der Waals surface area (Å²) in [6.07, 6.45) is 4.64. The number of carboxylic acids is 1. The van der Waals surface area contributed by atoms with Crippen LogP contribution in [0.15, 0.2) is 24.3 Å². The Hall–Kier alpha value is -2.61. The van der Waals surface area contributed by atoms with E-state index in [9.17, 15) is 14.7 Å². The second kappa shape index (κ2) is 8.18. The first-order chi connectivity index (χ1) is 13.3. The van der Waals surface area contributed by atoms with Gasteiger partial charge in [0.25, 0.3) is 5.91 Å². The number of hydrogen-bond acceptors (Lipinski definition) is 6. The van der Waals surface area contributed by atoms with Crippen molar-refractivity contribution in [2.75, 3.05) is 12.8 Å². The Morgan fingerprint density at radius 3 is 2.46 bits per heavy atom. The molecule has 1 aromatic carbocycles. The van der Waals surface area contributed by atoms with E-state index in [1.165, 1.54) is 0 Å². The van der Waals surface area contributed by atoms with Crippen LogP contribution in [0.2, 0.25) is 0 Å². The number of carbonyl (C=O) groups excluding carboxylic acids is 1. The summed E-state index contributed by atoms with van der Waals surface area (Å²) in [6, 6.07) is 7.28. The Labute approximate surface area is 167 Å². The van der Waals surface area contributed by atoms with Crippen molar-refractivity contribution < 1.29 is 19.4 Å². The molecule has 0 bridgehead atoms. The first-order valence-corrected chi connectivity index (χ1v) is 10.1. The van der Waals surface area contributed by atoms with Gasteiger partial charge in [0.05, 0.1) is 7.11 Å². The molecule has 150 valence electrons. The maximum atomic E-state index is 12.9. The molecule has 1 saturated carbocycles. The number of aromatic nitrogens is 1. The molecule has 0 aliphatic heterocycles. The van der Waals surface area contributed by atoms with E-state index >= 15 is 0 Å². The smallest absolute Gasteiger partial charge is 0.329 e. The SMILES string of the molecule is COc1ccc(-c2nc(N)c(C(=O)N[C@](C)(C(=O)O)C3CCCCC3)s2)cc1. The van der Waals surface area contributed by atoms with Crippen LogP contribution in [0.3, 0.4) is 0 Å². The normalized spacial score (nSPS) is 16.9. The summed E-state index contributed by atoms with van der Waals surface area (Å²) < 4.78 is 5.15. The molecule has 0 radical (unpaired) electrons. The van der Waals surface area contributed by atoms with E-state index in [0.29, 0.717) is 5.01 Å². The maximum absolute atomic E-state index is 12.9. The summed E-state index contributed by atoms with van der Waals surface area (Å²) >= 11 is 1.15. The molecule has 4 N–H and O–H groups in total. The van der Waals surface area contributed by atoms with E-state index in [2.05, 4.69) is 10.3 Å². The van der Waals surface area contributed by atoms with Gasteiger partial charge in [-0.25, -0.2) is 9.78 Å². The summed E-state index contributed by atoms with van der Waals surface area (Å²) in [5.41, 5.74) is 5.46. The van der Waals surface area contributed by atoms with Crippen molar-refractivity contribution >= 4 is 29.0 Å². The molecule has 1 fully saturated rings. The molecular weight excluding hydrogens is 378 g/mol. The number of aliphatic carboxylic acids is 1. The molecule has 1 aromatic heterocycles. The Bertz CT molecular complexity index is 859. The van der Waals surface area contributed by atoms with Crippen LogP contribution < -0.4 is 15.8 Å². The van der Waals surface area contributed by atoms with Crippen LogP contribution in [0.25, 0.3) is 10.6 Å². The molecule has 1 heterocycles. The average molecular weight is 404 g/mol. The fraction of sp³-hybridized carbons (Fsp3) is 0.450. The molecule has 1 atom stereocenters. The first kappa shape index (κ1) is 20.1. The van der Waals surface area contributed by atoms with E-state index in [-0.39, 0.29) is 16.6 Å². The number of rotatable bonds is 6. The van der Waals surface area contributed by atoms with Crippen molar-refractivity contribution in [2.45, 2.75) is 44.6 Å². The number of hydrogen-bond donors (Lipinski definition) is 3. The second-order valence-electron chi connectivity index (χ2n) is 7.26. The number of ether oxygens (including phenoxy) is 1. The quantitative estimate of drug-likeness (QED) is 0.679. The molecule has 0 spiro atoms. The van der Waals surface area contributed by atoms with Gasteiger partial charge < -0.3 is 20.9 Å². The van der Waals surface area contributed by atoms with Gasteiger partial charge in [0.2, 0.25) is 0 Å². The zero-order chi connectivity index (χ0) is 20.3. The number of carboxylic acid groups (broad SMARTS) is 1.